The molecular weight excluding hydrogens is 240 g/mol. The second-order valence-corrected chi connectivity index (χ2v) is 5.74. The van der Waals surface area contributed by atoms with Gasteiger partial charge in [-0.25, -0.2) is 0 Å². The Morgan fingerprint density at radius 2 is 1.79 bits per heavy atom. The van der Waals surface area contributed by atoms with Crippen molar-refractivity contribution < 1.29 is 9.84 Å². The molecule has 2 N–H and O–H groups in total. The molecule has 0 saturated heterocycles. The zero-order chi connectivity index (χ0) is 14.4. The fraction of sp³-hybridized carbons (Fsp3) is 0.733. The Morgan fingerprint density at radius 1 is 1.21 bits per heavy atom. The van der Waals surface area contributed by atoms with Crippen LogP contribution in [-0.4, -0.2) is 35.1 Å². The smallest absolute Gasteiger partial charge is 0.0961 e. The maximum Gasteiger partial charge on any atom is 0.0961 e. The zero-order valence-corrected chi connectivity index (χ0v) is 12.8. The molecule has 0 aliphatic heterocycles. The minimum atomic E-state index is -0.490. The van der Waals surface area contributed by atoms with Gasteiger partial charge in [0.15, 0.2) is 0 Å². The molecule has 2 unspecified atom stereocenters. The molecular formula is C15H28N2O2. The van der Waals surface area contributed by atoms with Crippen molar-refractivity contribution in [3.63, 3.8) is 0 Å². The third kappa shape index (κ3) is 5.66. The average molecular weight is 268 g/mol. The summed E-state index contributed by atoms with van der Waals surface area (Å²) in [5, 5.41) is 9.91. The van der Waals surface area contributed by atoms with Crippen molar-refractivity contribution in [2.75, 3.05) is 18.6 Å². The van der Waals surface area contributed by atoms with Crippen LogP contribution in [0.15, 0.2) is 12.1 Å². The average Bonchev–Trinajstić information content (AvgIpc) is 2.63. The molecule has 0 aliphatic rings. The molecule has 4 heteroatoms. The van der Waals surface area contributed by atoms with Gasteiger partial charge in [0.2, 0.25) is 0 Å². The van der Waals surface area contributed by atoms with Crippen LogP contribution in [0.5, 0.6) is 0 Å². The lowest BCUT2D eigenvalue weighted by Gasteiger charge is -2.20. The van der Waals surface area contributed by atoms with E-state index in [1.54, 1.807) is 0 Å². The summed E-state index contributed by atoms with van der Waals surface area (Å²) in [5.74, 6) is 0.621. The molecule has 0 fully saturated rings. The van der Waals surface area contributed by atoms with Gasteiger partial charge in [-0.2, -0.15) is 0 Å². The highest BCUT2D eigenvalue weighted by Gasteiger charge is 2.10. The minimum absolute atomic E-state index is 0.199. The molecule has 1 aromatic rings. The molecule has 0 spiro atoms. The van der Waals surface area contributed by atoms with Crippen LogP contribution < -0.4 is 5.43 Å². The topological polar surface area (TPSA) is 46.4 Å². The molecule has 1 rings (SSSR count). The van der Waals surface area contributed by atoms with Crippen molar-refractivity contribution in [1.29, 1.82) is 0 Å². The largest absolute Gasteiger partial charge is 0.389 e. The van der Waals surface area contributed by atoms with Gasteiger partial charge in [0, 0.05) is 11.4 Å². The Balaban J connectivity index is 2.26. The van der Waals surface area contributed by atoms with Crippen molar-refractivity contribution in [2.45, 2.75) is 53.2 Å². The third-order valence-corrected chi connectivity index (χ3v) is 3.13. The molecule has 0 aliphatic carbocycles. The molecule has 0 radical (unpaired) electrons. The van der Waals surface area contributed by atoms with E-state index in [2.05, 4.69) is 38.3 Å². The molecule has 19 heavy (non-hydrogen) atoms. The van der Waals surface area contributed by atoms with E-state index in [0.29, 0.717) is 19.1 Å². The molecule has 1 aromatic heterocycles. The minimum Gasteiger partial charge on any atom is -0.389 e. The monoisotopic (exact) mass is 268 g/mol. The third-order valence-electron chi connectivity index (χ3n) is 3.13. The van der Waals surface area contributed by atoms with Gasteiger partial charge in [0.05, 0.1) is 25.4 Å². The predicted octanol–water partition coefficient (Wildman–Crippen LogP) is 2.46. The Hall–Kier alpha value is -1.00. The number of aliphatic hydroxyl groups excluding tert-OH is 1. The van der Waals surface area contributed by atoms with Crippen LogP contribution in [0.2, 0.25) is 0 Å². The number of ether oxygens (including phenoxy) is 1. The summed E-state index contributed by atoms with van der Waals surface area (Å²) in [6.45, 7) is 11.3. The van der Waals surface area contributed by atoms with E-state index in [0.717, 1.165) is 17.8 Å². The van der Waals surface area contributed by atoms with Gasteiger partial charge in [-0.05, 0) is 45.2 Å². The Kier molecular flexibility index (Phi) is 6.38. The molecule has 110 valence electrons. The number of hydrogen-bond donors (Lipinski definition) is 2. The highest BCUT2D eigenvalue weighted by atomic mass is 16.5. The van der Waals surface area contributed by atoms with E-state index in [-0.39, 0.29) is 6.10 Å². The predicted molar refractivity (Wildman–Crippen MR) is 79.0 cm³/mol. The number of hydrogen-bond acceptors (Lipinski definition) is 3. The summed E-state index contributed by atoms with van der Waals surface area (Å²) in [5.41, 5.74) is 5.49. The standard InChI is InChI=1S/C15H28N2O2/c1-11(2)8-14(5)19-10-15(18)9-16-17-12(3)6-7-13(17)4/h6-7,11,14-16,18H,8-10H2,1-5H3. The molecule has 0 bridgehead atoms. The molecule has 2 atom stereocenters. The lowest BCUT2D eigenvalue weighted by molar-refractivity contribution is -0.00521. The second-order valence-electron chi connectivity index (χ2n) is 5.74. The number of aryl methyl sites for hydroxylation is 2. The quantitative estimate of drug-likeness (QED) is 0.761. The summed E-state index contributed by atoms with van der Waals surface area (Å²) in [6.07, 6.45) is 0.733. The van der Waals surface area contributed by atoms with Crippen molar-refractivity contribution in [1.82, 2.24) is 4.68 Å². The van der Waals surface area contributed by atoms with Crippen LogP contribution in [0.3, 0.4) is 0 Å². The van der Waals surface area contributed by atoms with Crippen LogP contribution in [0.25, 0.3) is 0 Å². The molecule has 4 nitrogen and oxygen atoms in total. The maximum atomic E-state index is 9.91. The molecule has 0 saturated carbocycles. The first-order chi connectivity index (χ1) is 8.90. The summed E-state index contributed by atoms with van der Waals surface area (Å²) < 4.78 is 7.63. The summed E-state index contributed by atoms with van der Waals surface area (Å²) >= 11 is 0. The van der Waals surface area contributed by atoms with Gasteiger partial charge in [-0.3, -0.25) is 4.68 Å². The summed E-state index contributed by atoms with van der Waals surface area (Å²) in [7, 11) is 0. The van der Waals surface area contributed by atoms with Gasteiger partial charge in [0.25, 0.3) is 0 Å². The Bertz CT molecular complexity index is 355. The van der Waals surface area contributed by atoms with Crippen molar-refractivity contribution in [3.8, 4) is 0 Å². The van der Waals surface area contributed by atoms with Crippen LogP contribution in [0.4, 0.5) is 0 Å². The molecule has 0 aromatic carbocycles. The van der Waals surface area contributed by atoms with Gasteiger partial charge in [-0.15, -0.1) is 0 Å². The van der Waals surface area contributed by atoms with Crippen molar-refractivity contribution in [2.24, 2.45) is 5.92 Å². The van der Waals surface area contributed by atoms with Crippen LogP contribution in [-0.2, 0) is 4.74 Å². The lowest BCUT2D eigenvalue weighted by atomic mass is 10.1. The van der Waals surface area contributed by atoms with E-state index in [1.807, 2.05) is 18.5 Å². The Morgan fingerprint density at radius 3 is 2.32 bits per heavy atom. The number of nitrogens with zero attached hydrogens (tertiary/aromatic N) is 1. The van der Waals surface area contributed by atoms with E-state index >= 15 is 0 Å². The number of rotatable bonds is 8. The van der Waals surface area contributed by atoms with Crippen LogP contribution >= 0.6 is 0 Å². The number of nitrogens with one attached hydrogen (secondary N) is 1. The molecule has 0 amide bonds. The highest BCUT2D eigenvalue weighted by molar-refractivity contribution is 5.15. The SMILES string of the molecule is Cc1ccc(C)n1NCC(O)COC(C)CC(C)C. The van der Waals surface area contributed by atoms with Crippen molar-refractivity contribution in [3.05, 3.63) is 23.5 Å². The molecule has 1 heterocycles. The van der Waals surface area contributed by atoms with E-state index in [4.69, 9.17) is 4.74 Å². The van der Waals surface area contributed by atoms with Gasteiger partial charge < -0.3 is 15.3 Å². The fourth-order valence-corrected chi connectivity index (χ4v) is 2.18. The Labute approximate surface area is 116 Å². The summed E-state index contributed by atoms with van der Waals surface area (Å²) in [6, 6.07) is 4.10. The first kappa shape index (κ1) is 16.1. The van der Waals surface area contributed by atoms with E-state index in [9.17, 15) is 5.11 Å². The van der Waals surface area contributed by atoms with Crippen LogP contribution in [0, 0.1) is 19.8 Å². The summed E-state index contributed by atoms with van der Waals surface area (Å²) in [4.78, 5) is 0. The van der Waals surface area contributed by atoms with Crippen LogP contribution in [0.1, 0.15) is 38.6 Å². The fourth-order valence-electron chi connectivity index (χ4n) is 2.18. The van der Waals surface area contributed by atoms with Crippen molar-refractivity contribution >= 4 is 0 Å². The van der Waals surface area contributed by atoms with Gasteiger partial charge in [-0.1, -0.05) is 13.8 Å². The second kappa shape index (κ2) is 7.56. The van der Waals surface area contributed by atoms with E-state index < -0.39 is 6.10 Å². The lowest BCUT2D eigenvalue weighted by Crippen LogP contribution is -2.31. The maximum absolute atomic E-state index is 9.91. The van der Waals surface area contributed by atoms with Gasteiger partial charge >= 0.3 is 0 Å². The first-order valence-electron chi connectivity index (χ1n) is 7.08. The zero-order valence-electron chi connectivity index (χ0n) is 12.8. The number of aromatic nitrogens is 1. The highest BCUT2D eigenvalue weighted by Crippen LogP contribution is 2.08. The first-order valence-corrected chi connectivity index (χ1v) is 7.08. The van der Waals surface area contributed by atoms with Gasteiger partial charge in [0.1, 0.15) is 0 Å². The van der Waals surface area contributed by atoms with E-state index in [1.165, 1.54) is 0 Å². The normalized spacial score (nSPS) is 14.7. The number of aliphatic hydroxyl groups is 1.